The molecule has 1 aromatic heterocycles. The second-order valence-electron chi connectivity index (χ2n) is 4.72. The highest BCUT2D eigenvalue weighted by atomic mass is 19.1. The number of hydrogen-bond donors (Lipinski definition) is 2. The number of nitrogens with one attached hydrogen (secondary N) is 2. The summed E-state index contributed by atoms with van der Waals surface area (Å²) >= 11 is 0. The van der Waals surface area contributed by atoms with Gasteiger partial charge in [0.1, 0.15) is 5.82 Å². The maximum Gasteiger partial charge on any atom is 0.125 e. The first kappa shape index (κ1) is 12.1. The molecule has 2 N–H and O–H groups in total. The highest BCUT2D eigenvalue weighted by molar-refractivity contribution is 5.85. The van der Waals surface area contributed by atoms with Crippen LogP contribution < -0.4 is 5.32 Å². The minimum absolute atomic E-state index is 0.186. The number of aromatic amines is 1. The van der Waals surface area contributed by atoms with Crippen LogP contribution in [0.2, 0.25) is 0 Å². The van der Waals surface area contributed by atoms with E-state index in [0.29, 0.717) is 5.92 Å². The molecular weight excluding hydrogens is 215 g/mol. The molecule has 0 radical (unpaired) electrons. The summed E-state index contributed by atoms with van der Waals surface area (Å²) in [5.41, 5.74) is 3.44. The van der Waals surface area contributed by atoms with Gasteiger partial charge in [-0.2, -0.15) is 0 Å². The van der Waals surface area contributed by atoms with E-state index in [1.54, 1.807) is 6.07 Å². The molecule has 1 heterocycles. The number of aromatic nitrogens is 1. The summed E-state index contributed by atoms with van der Waals surface area (Å²) in [6.45, 7) is 5.25. The van der Waals surface area contributed by atoms with E-state index in [0.717, 1.165) is 23.9 Å². The van der Waals surface area contributed by atoms with Crippen molar-refractivity contribution in [2.24, 2.45) is 0 Å². The van der Waals surface area contributed by atoms with E-state index in [4.69, 9.17) is 0 Å². The van der Waals surface area contributed by atoms with E-state index in [1.807, 2.05) is 13.1 Å². The van der Waals surface area contributed by atoms with Crippen LogP contribution in [0, 0.1) is 5.82 Å². The maximum absolute atomic E-state index is 13.2. The van der Waals surface area contributed by atoms with E-state index >= 15 is 0 Å². The molecule has 0 saturated heterocycles. The lowest BCUT2D eigenvalue weighted by Gasteiger charge is -2.07. The Hall–Kier alpha value is -1.35. The minimum atomic E-state index is -0.186. The van der Waals surface area contributed by atoms with Gasteiger partial charge in [0, 0.05) is 16.6 Å². The van der Waals surface area contributed by atoms with Gasteiger partial charge in [-0.25, -0.2) is 4.39 Å². The Morgan fingerprint density at radius 3 is 2.76 bits per heavy atom. The van der Waals surface area contributed by atoms with Crippen molar-refractivity contribution in [1.82, 2.24) is 10.3 Å². The third-order valence-electron chi connectivity index (χ3n) is 3.10. The number of benzene rings is 1. The Labute approximate surface area is 101 Å². The van der Waals surface area contributed by atoms with Gasteiger partial charge in [0.15, 0.2) is 0 Å². The maximum atomic E-state index is 13.2. The average molecular weight is 234 g/mol. The predicted molar refractivity (Wildman–Crippen MR) is 70.0 cm³/mol. The van der Waals surface area contributed by atoms with Gasteiger partial charge in [0.25, 0.3) is 0 Å². The summed E-state index contributed by atoms with van der Waals surface area (Å²) in [5, 5.41) is 4.30. The van der Waals surface area contributed by atoms with E-state index < -0.39 is 0 Å². The van der Waals surface area contributed by atoms with Crippen LogP contribution in [0.25, 0.3) is 10.9 Å². The fourth-order valence-corrected chi connectivity index (χ4v) is 2.26. The summed E-state index contributed by atoms with van der Waals surface area (Å²) in [6.07, 6.45) is 0.968. The monoisotopic (exact) mass is 234 g/mol. The van der Waals surface area contributed by atoms with E-state index in [-0.39, 0.29) is 5.82 Å². The van der Waals surface area contributed by atoms with Gasteiger partial charge in [-0.1, -0.05) is 13.8 Å². The van der Waals surface area contributed by atoms with E-state index in [2.05, 4.69) is 24.1 Å². The minimum Gasteiger partial charge on any atom is -0.358 e. The Morgan fingerprint density at radius 1 is 1.35 bits per heavy atom. The normalized spacial score (nSPS) is 11.6. The summed E-state index contributed by atoms with van der Waals surface area (Å²) in [6, 6.07) is 4.98. The van der Waals surface area contributed by atoms with Gasteiger partial charge >= 0.3 is 0 Å². The standard InChI is InChI=1S/C14H19FN2/c1-9(2)14-12(6-7-16-3)11-5-4-10(15)8-13(11)17-14/h4-5,8-9,16-17H,6-7H2,1-3H3. The number of halogens is 1. The molecule has 92 valence electrons. The van der Waals surface area contributed by atoms with Crippen molar-refractivity contribution >= 4 is 10.9 Å². The highest BCUT2D eigenvalue weighted by Gasteiger charge is 2.13. The fourth-order valence-electron chi connectivity index (χ4n) is 2.26. The average Bonchev–Trinajstić information content (AvgIpc) is 2.64. The Bertz CT molecular complexity index is 514. The van der Waals surface area contributed by atoms with Crippen LogP contribution in [-0.2, 0) is 6.42 Å². The zero-order chi connectivity index (χ0) is 12.4. The van der Waals surface area contributed by atoms with Gasteiger partial charge < -0.3 is 10.3 Å². The number of H-pyrrole nitrogens is 1. The SMILES string of the molecule is CNCCc1c(C(C)C)[nH]c2cc(F)ccc12. The molecule has 2 rings (SSSR count). The van der Waals surface area contributed by atoms with Crippen LogP contribution in [-0.4, -0.2) is 18.6 Å². The zero-order valence-corrected chi connectivity index (χ0v) is 10.6. The van der Waals surface area contributed by atoms with Crippen LogP contribution in [0.3, 0.4) is 0 Å². The van der Waals surface area contributed by atoms with E-state index in [1.165, 1.54) is 17.3 Å². The highest BCUT2D eigenvalue weighted by Crippen LogP contribution is 2.28. The van der Waals surface area contributed by atoms with Crippen molar-refractivity contribution in [1.29, 1.82) is 0 Å². The number of hydrogen-bond acceptors (Lipinski definition) is 1. The van der Waals surface area contributed by atoms with Crippen LogP contribution in [0.4, 0.5) is 4.39 Å². The first-order valence-corrected chi connectivity index (χ1v) is 6.08. The summed E-state index contributed by atoms with van der Waals surface area (Å²) < 4.78 is 13.2. The first-order valence-electron chi connectivity index (χ1n) is 6.08. The second-order valence-corrected chi connectivity index (χ2v) is 4.72. The largest absolute Gasteiger partial charge is 0.358 e. The van der Waals surface area contributed by atoms with Crippen molar-refractivity contribution in [3.05, 3.63) is 35.3 Å². The molecule has 0 saturated carbocycles. The fraction of sp³-hybridized carbons (Fsp3) is 0.429. The Morgan fingerprint density at radius 2 is 2.12 bits per heavy atom. The summed E-state index contributed by atoms with van der Waals surface area (Å²) in [7, 11) is 1.95. The van der Waals surface area contributed by atoms with Crippen molar-refractivity contribution < 1.29 is 4.39 Å². The van der Waals surface area contributed by atoms with Crippen LogP contribution in [0.15, 0.2) is 18.2 Å². The molecule has 0 aliphatic carbocycles. The molecule has 17 heavy (non-hydrogen) atoms. The molecule has 0 aliphatic heterocycles. The molecule has 3 heteroatoms. The first-order chi connectivity index (χ1) is 8.13. The lowest BCUT2D eigenvalue weighted by atomic mass is 10.0. The number of rotatable bonds is 4. The number of likely N-dealkylation sites (N-methyl/N-ethyl adjacent to an activating group) is 1. The zero-order valence-electron chi connectivity index (χ0n) is 10.6. The molecular formula is C14H19FN2. The topological polar surface area (TPSA) is 27.8 Å². The quantitative estimate of drug-likeness (QED) is 0.835. The van der Waals surface area contributed by atoms with Crippen molar-refractivity contribution in [2.75, 3.05) is 13.6 Å². The number of fused-ring (bicyclic) bond motifs is 1. The molecule has 0 fully saturated rings. The molecule has 0 unspecified atom stereocenters. The van der Waals surface area contributed by atoms with Gasteiger partial charge in [0.05, 0.1) is 0 Å². The van der Waals surface area contributed by atoms with Gasteiger partial charge in [-0.3, -0.25) is 0 Å². The summed E-state index contributed by atoms with van der Waals surface area (Å²) in [4.78, 5) is 3.35. The molecule has 2 aromatic rings. The molecule has 0 atom stereocenters. The lowest BCUT2D eigenvalue weighted by Crippen LogP contribution is -2.11. The molecule has 1 aromatic carbocycles. The molecule has 0 bridgehead atoms. The van der Waals surface area contributed by atoms with Crippen molar-refractivity contribution in [3.8, 4) is 0 Å². The lowest BCUT2D eigenvalue weighted by molar-refractivity contribution is 0.629. The molecule has 0 aliphatic rings. The molecule has 0 amide bonds. The van der Waals surface area contributed by atoms with Crippen LogP contribution in [0.5, 0.6) is 0 Å². The van der Waals surface area contributed by atoms with Crippen molar-refractivity contribution in [3.63, 3.8) is 0 Å². The predicted octanol–water partition coefficient (Wildman–Crippen LogP) is 3.19. The van der Waals surface area contributed by atoms with Gasteiger partial charge in [0.2, 0.25) is 0 Å². The van der Waals surface area contributed by atoms with E-state index in [9.17, 15) is 4.39 Å². The van der Waals surface area contributed by atoms with Crippen molar-refractivity contribution in [2.45, 2.75) is 26.2 Å². The molecule has 0 spiro atoms. The third kappa shape index (κ3) is 2.34. The van der Waals surface area contributed by atoms with Crippen LogP contribution >= 0.6 is 0 Å². The second kappa shape index (κ2) is 4.88. The van der Waals surface area contributed by atoms with Gasteiger partial charge in [-0.15, -0.1) is 0 Å². The smallest absolute Gasteiger partial charge is 0.125 e. The Balaban J connectivity index is 2.54. The Kier molecular flexibility index (Phi) is 3.48. The third-order valence-corrected chi connectivity index (χ3v) is 3.10. The molecule has 2 nitrogen and oxygen atoms in total. The van der Waals surface area contributed by atoms with Crippen LogP contribution in [0.1, 0.15) is 31.0 Å². The van der Waals surface area contributed by atoms with Gasteiger partial charge in [-0.05, 0) is 49.7 Å². The summed E-state index contributed by atoms with van der Waals surface area (Å²) in [5.74, 6) is 0.242.